The highest BCUT2D eigenvalue weighted by molar-refractivity contribution is 6.30. The zero-order valence-electron chi connectivity index (χ0n) is 16.8. The van der Waals surface area contributed by atoms with Crippen molar-refractivity contribution in [3.8, 4) is 5.75 Å². The molecule has 5 heteroatoms. The van der Waals surface area contributed by atoms with Crippen LogP contribution in [0.5, 0.6) is 5.75 Å². The Bertz CT molecular complexity index is 1060. The van der Waals surface area contributed by atoms with Crippen molar-refractivity contribution in [3.05, 3.63) is 100 Å². The molecular formula is C25H22ClNO3. The van der Waals surface area contributed by atoms with Gasteiger partial charge in [-0.3, -0.25) is 0 Å². The molecule has 0 heterocycles. The molecule has 1 aliphatic rings. The molecule has 0 spiro atoms. The van der Waals surface area contributed by atoms with Gasteiger partial charge in [-0.2, -0.15) is 0 Å². The van der Waals surface area contributed by atoms with Crippen LogP contribution in [-0.2, 0) is 4.84 Å². The zero-order chi connectivity index (χ0) is 21.1. The smallest absolute Gasteiger partial charge is 0.365 e. The first-order chi connectivity index (χ1) is 14.5. The summed E-state index contributed by atoms with van der Waals surface area (Å²) in [4.78, 5) is 17.8. The molecule has 0 bridgehead atoms. The van der Waals surface area contributed by atoms with Crippen molar-refractivity contribution >= 4 is 23.3 Å². The van der Waals surface area contributed by atoms with Crippen LogP contribution >= 0.6 is 11.6 Å². The molecular weight excluding hydrogens is 398 g/mol. The number of nitrogens with zero attached hydrogens (tertiary/aromatic N) is 1. The van der Waals surface area contributed by atoms with Gasteiger partial charge in [0.2, 0.25) is 0 Å². The predicted molar refractivity (Wildman–Crippen MR) is 118 cm³/mol. The summed E-state index contributed by atoms with van der Waals surface area (Å²) in [6, 6.07) is 22.8. The first-order valence-electron chi connectivity index (χ1n) is 9.81. The van der Waals surface area contributed by atoms with Crippen LogP contribution in [0.3, 0.4) is 0 Å². The summed E-state index contributed by atoms with van der Waals surface area (Å²) >= 11 is 6.02. The highest BCUT2D eigenvalue weighted by atomic mass is 35.5. The van der Waals surface area contributed by atoms with Gasteiger partial charge >= 0.3 is 5.97 Å². The molecule has 0 aromatic heterocycles. The van der Waals surface area contributed by atoms with Crippen molar-refractivity contribution in [1.29, 1.82) is 0 Å². The molecule has 0 radical (unpaired) electrons. The lowest BCUT2D eigenvalue weighted by molar-refractivity contribution is 0.0515. The lowest BCUT2D eigenvalue weighted by Crippen LogP contribution is -2.09. The molecule has 4 nitrogen and oxygen atoms in total. The van der Waals surface area contributed by atoms with Gasteiger partial charge in [-0.1, -0.05) is 46.6 Å². The fourth-order valence-electron chi connectivity index (χ4n) is 3.50. The Kier molecular flexibility index (Phi) is 5.86. The van der Waals surface area contributed by atoms with Crippen LogP contribution in [0.2, 0.25) is 5.02 Å². The van der Waals surface area contributed by atoms with Crippen molar-refractivity contribution in [2.24, 2.45) is 11.1 Å². The van der Waals surface area contributed by atoms with Crippen molar-refractivity contribution in [2.45, 2.75) is 19.3 Å². The summed E-state index contributed by atoms with van der Waals surface area (Å²) in [6.45, 7) is 1.97. The quantitative estimate of drug-likeness (QED) is 0.279. The molecule has 3 aromatic carbocycles. The van der Waals surface area contributed by atoms with Crippen LogP contribution < -0.4 is 4.74 Å². The number of methoxy groups -OCH3 is 1. The molecule has 1 fully saturated rings. The lowest BCUT2D eigenvalue weighted by Gasteiger charge is -2.08. The van der Waals surface area contributed by atoms with Crippen LogP contribution in [0.25, 0.3) is 0 Å². The van der Waals surface area contributed by atoms with Gasteiger partial charge in [0.15, 0.2) is 0 Å². The van der Waals surface area contributed by atoms with E-state index in [1.807, 2.05) is 67.6 Å². The summed E-state index contributed by atoms with van der Waals surface area (Å²) in [5.41, 5.74) is 4.43. The number of ether oxygens (including phenoxy) is 1. The molecule has 2 unspecified atom stereocenters. The molecule has 2 atom stereocenters. The van der Waals surface area contributed by atoms with Crippen LogP contribution in [0.15, 0.2) is 78.0 Å². The number of aryl methyl sites for hydroxylation is 1. The average Bonchev–Trinajstić information content (AvgIpc) is 3.56. The Hall–Kier alpha value is -3.11. The topological polar surface area (TPSA) is 47.9 Å². The molecule has 1 aliphatic carbocycles. The molecule has 1 saturated carbocycles. The predicted octanol–water partition coefficient (Wildman–Crippen LogP) is 6.02. The normalized spacial score (nSPS) is 18.0. The minimum Gasteiger partial charge on any atom is -0.497 e. The second-order valence-electron chi connectivity index (χ2n) is 7.45. The molecule has 0 saturated heterocycles. The number of hydrogen-bond donors (Lipinski definition) is 0. The Morgan fingerprint density at radius 3 is 2.20 bits per heavy atom. The Balaban J connectivity index is 1.58. The maximum absolute atomic E-state index is 12.5. The van der Waals surface area contributed by atoms with E-state index in [0.717, 1.165) is 29.0 Å². The Morgan fingerprint density at radius 1 is 0.933 bits per heavy atom. The van der Waals surface area contributed by atoms with E-state index < -0.39 is 5.97 Å². The molecule has 3 aromatic rings. The first kappa shape index (κ1) is 20.2. The molecule has 30 heavy (non-hydrogen) atoms. The van der Waals surface area contributed by atoms with Crippen LogP contribution in [-0.4, -0.2) is 18.8 Å². The third kappa shape index (κ3) is 4.55. The van der Waals surface area contributed by atoms with Crippen LogP contribution in [0, 0.1) is 12.8 Å². The standard InChI is InChI=1S/C25H22ClNO3/c1-16-3-5-19(6-4-16)25(28)30-27-24(18-9-13-21(29-2)14-10-18)23-15-22(23)17-7-11-20(26)12-8-17/h3-14,22-23H,15H2,1-2H3/b27-24+. The van der Waals surface area contributed by atoms with Crippen LogP contribution in [0.1, 0.15) is 39.4 Å². The van der Waals surface area contributed by atoms with Crippen molar-refractivity contribution < 1.29 is 14.4 Å². The summed E-state index contributed by atoms with van der Waals surface area (Å²) in [5, 5.41) is 5.02. The molecule has 0 N–H and O–H groups in total. The number of benzene rings is 3. The largest absolute Gasteiger partial charge is 0.497 e. The van der Waals surface area contributed by atoms with E-state index in [-0.39, 0.29) is 5.92 Å². The highest BCUT2D eigenvalue weighted by Gasteiger charge is 2.43. The minimum absolute atomic E-state index is 0.172. The summed E-state index contributed by atoms with van der Waals surface area (Å²) in [5.74, 6) is 0.788. The molecule has 152 valence electrons. The van der Waals surface area contributed by atoms with Gasteiger partial charge < -0.3 is 9.57 Å². The number of oxime groups is 1. The highest BCUT2D eigenvalue weighted by Crippen LogP contribution is 2.49. The van der Waals surface area contributed by atoms with Gasteiger partial charge in [-0.05, 0) is 78.9 Å². The molecule has 0 aliphatic heterocycles. The Morgan fingerprint density at radius 2 is 1.57 bits per heavy atom. The van der Waals surface area contributed by atoms with Gasteiger partial charge in [-0.15, -0.1) is 0 Å². The zero-order valence-corrected chi connectivity index (χ0v) is 17.6. The van der Waals surface area contributed by atoms with Gasteiger partial charge in [0.05, 0.1) is 18.4 Å². The monoisotopic (exact) mass is 419 g/mol. The van der Waals surface area contributed by atoms with Gasteiger partial charge in [0.1, 0.15) is 5.75 Å². The maximum atomic E-state index is 12.5. The fourth-order valence-corrected chi connectivity index (χ4v) is 3.63. The molecule has 4 rings (SSSR count). The van der Waals surface area contributed by atoms with Crippen molar-refractivity contribution in [1.82, 2.24) is 0 Å². The van der Waals surface area contributed by atoms with E-state index in [4.69, 9.17) is 21.2 Å². The maximum Gasteiger partial charge on any atom is 0.365 e. The number of halogens is 1. The second-order valence-corrected chi connectivity index (χ2v) is 7.89. The minimum atomic E-state index is -0.468. The van der Waals surface area contributed by atoms with Gasteiger partial charge in [0.25, 0.3) is 0 Å². The van der Waals surface area contributed by atoms with Crippen LogP contribution in [0.4, 0.5) is 0 Å². The number of carbonyl (C=O) groups excluding carboxylic acids is 1. The fraction of sp³-hybridized carbons (Fsp3) is 0.200. The summed E-state index contributed by atoms with van der Waals surface area (Å²) in [6.07, 6.45) is 0.939. The SMILES string of the molecule is COc1ccc(/C(=N\OC(=O)c2ccc(C)cc2)C2CC2c2ccc(Cl)cc2)cc1. The Labute approximate surface area is 181 Å². The summed E-state index contributed by atoms with van der Waals surface area (Å²) in [7, 11) is 1.63. The van der Waals surface area contributed by atoms with Gasteiger partial charge in [-0.25, -0.2) is 4.79 Å². The van der Waals surface area contributed by atoms with Crippen molar-refractivity contribution in [3.63, 3.8) is 0 Å². The number of hydrogen-bond acceptors (Lipinski definition) is 4. The number of carbonyl (C=O) groups is 1. The molecule has 0 amide bonds. The van der Waals surface area contributed by atoms with E-state index in [1.54, 1.807) is 19.2 Å². The number of rotatable bonds is 6. The third-order valence-electron chi connectivity index (χ3n) is 5.34. The van der Waals surface area contributed by atoms with E-state index in [1.165, 1.54) is 5.56 Å². The van der Waals surface area contributed by atoms with Crippen molar-refractivity contribution in [2.75, 3.05) is 7.11 Å². The van der Waals surface area contributed by atoms with E-state index in [9.17, 15) is 4.79 Å². The average molecular weight is 420 g/mol. The van der Waals surface area contributed by atoms with E-state index in [2.05, 4.69) is 5.16 Å². The third-order valence-corrected chi connectivity index (χ3v) is 5.59. The van der Waals surface area contributed by atoms with E-state index >= 15 is 0 Å². The first-order valence-corrected chi connectivity index (χ1v) is 10.2. The lowest BCUT2D eigenvalue weighted by atomic mass is 10.0. The summed E-state index contributed by atoms with van der Waals surface area (Å²) < 4.78 is 5.25. The van der Waals surface area contributed by atoms with E-state index in [0.29, 0.717) is 16.5 Å². The van der Waals surface area contributed by atoms with Gasteiger partial charge in [0, 0.05) is 10.9 Å². The second kappa shape index (κ2) is 8.72.